The van der Waals surface area contributed by atoms with Crippen LogP contribution in [-0.4, -0.2) is 42.6 Å². The van der Waals surface area contributed by atoms with E-state index in [1.807, 2.05) is 0 Å². The topological polar surface area (TPSA) is 23.5 Å². The van der Waals surface area contributed by atoms with E-state index in [2.05, 4.69) is 0 Å². The summed E-state index contributed by atoms with van der Waals surface area (Å²) in [7, 11) is 0. The van der Waals surface area contributed by atoms with Crippen molar-refractivity contribution in [3.63, 3.8) is 0 Å². The summed E-state index contributed by atoms with van der Waals surface area (Å²) in [6, 6.07) is 0.0700. The normalized spacial score (nSPS) is 18.8. The number of rotatable bonds is 5. The van der Waals surface area contributed by atoms with Gasteiger partial charge in [-0.2, -0.15) is 0 Å². The maximum Gasteiger partial charge on any atom is 0.492 e. The Bertz CT molecular complexity index is 148. The number of nitrogens with zero attached hydrogens (tertiary/aromatic N) is 1. The second-order valence-electron chi connectivity index (χ2n) is 3.16. The second kappa shape index (κ2) is 3.66. The summed E-state index contributed by atoms with van der Waals surface area (Å²) in [5.74, 6) is 0. The number of hydrogen-bond donors (Lipinski definition) is 1. The van der Waals surface area contributed by atoms with Gasteiger partial charge in [0.25, 0.3) is 0 Å². The minimum absolute atomic E-state index is 0.0700. The van der Waals surface area contributed by atoms with Crippen molar-refractivity contribution in [1.82, 2.24) is 4.90 Å². The Hall–Kier alpha value is -0.225. The van der Waals surface area contributed by atoms with Gasteiger partial charge >= 0.3 is 6.98 Å². The molecule has 0 amide bonds. The molecule has 1 fully saturated rings. The van der Waals surface area contributed by atoms with Crippen molar-refractivity contribution in [2.75, 3.05) is 19.6 Å². The van der Waals surface area contributed by atoms with Crippen LogP contribution in [0.4, 0.5) is 12.9 Å². The monoisotopic (exact) mass is 182 g/mol. The van der Waals surface area contributed by atoms with Crippen molar-refractivity contribution < 1.29 is 18.1 Å². The van der Waals surface area contributed by atoms with E-state index in [0.717, 1.165) is 12.8 Å². The average Bonchev–Trinajstić information content (AvgIpc) is 2.63. The summed E-state index contributed by atoms with van der Waals surface area (Å²) in [6.45, 7) is -4.78. The molecule has 0 spiro atoms. The van der Waals surface area contributed by atoms with E-state index in [9.17, 15) is 12.9 Å². The fourth-order valence-corrected chi connectivity index (χ4v) is 1.26. The molecule has 1 N–H and O–H groups in total. The molecule has 1 rings (SSSR count). The zero-order valence-corrected chi connectivity index (χ0v) is 6.72. The molecule has 0 aromatic heterocycles. The van der Waals surface area contributed by atoms with Crippen LogP contribution >= 0.6 is 0 Å². The highest BCUT2D eigenvalue weighted by Crippen LogP contribution is 2.28. The number of aliphatic hydroxyl groups excluding tert-OH is 1. The minimum Gasteiger partial charge on any atom is -0.448 e. The summed E-state index contributed by atoms with van der Waals surface area (Å²) in [6.07, 6.45) is 0.851. The molecule has 0 radical (unpaired) electrons. The van der Waals surface area contributed by atoms with Gasteiger partial charge in [-0.1, -0.05) is 0 Å². The third-order valence-electron chi connectivity index (χ3n) is 1.89. The molecule has 1 saturated carbocycles. The highest BCUT2D eigenvalue weighted by atomic mass is 19.4. The van der Waals surface area contributed by atoms with Gasteiger partial charge in [0.05, 0.1) is 6.61 Å². The summed E-state index contributed by atoms with van der Waals surface area (Å²) < 4.78 is 35.9. The van der Waals surface area contributed by atoms with E-state index in [-0.39, 0.29) is 19.2 Å². The van der Waals surface area contributed by atoms with E-state index < -0.39 is 13.4 Å². The molecule has 6 heteroatoms. The first-order valence-electron chi connectivity index (χ1n) is 4.09. The molecule has 72 valence electrons. The van der Waals surface area contributed by atoms with E-state index >= 15 is 0 Å². The highest BCUT2D eigenvalue weighted by molar-refractivity contribution is 6.58. The Morgan fingerprint density at radius 3 is 2.25 bits per heavy atom. The van der Waals surface area contributed by atoms with Crippen LogP contribution < -0.4 is 0 Å². The van der Waals surface area contributed by atoms with Crippen LogP contribution in [0.15, 0.2) is 0 Å². The van der Waals surface area contributed by atoms with Gasteiger partial charge in [-0.3, -0.25) is 0 Å². The first-order valence-corrected chi connectivity index (χ1v) is 4.09. The average molecular weight is 182 g/mol. The molecular weight excluding hydrogens is 170 g/mol. The van der Waals surface area contributed by atoms with Gasteiger partial charge in [-0.25, -0.2) is 0 Å². The Morgan fingerprint density at radius 2 is 1.92 bits per heavy atom. The third-order valence-corrected chi connectivity index (χ3v) is 1.89. The van der Waals surface area contributed by atoms with Crippen LogP contribution in [-0.2, 0) is 0 Å². The van der Waals surface area contributed by atoms with Gasteiger partial charge in [0.2, 0.25) is 0 Å². The van der Waals surface area contributed by atoms with Crippen molar-refractivity contribution in [2.24, 2.45) is 0 Å². The Labute approximate surface area is 69.4 Å². The maximum atomic E-state index is 12.0. The second-order valence-corrected chi connectivity index (χ2v) is 3.16. The van der Waals surface area contributed by atoms with Gasteiger partial charge in [-0.05, 0) is 19.3 Å². The minimum atomic E-state index is -4.74. The molecule has 0 bridgehead atoms. The molecule has 0 aromatic rings. The van der Waals surface area contributed by atoms with Crippen molar-refractivity contribution in [2.45, 2.75) is 18.9 Å². The summed E-state index contributed by atoms with van der Waals surface area (Å²) in [4.78, 5) is 1.32. The molecule has 0 atom stereocenters. The predicted octanol–water partition coefficient (Wildman–Crippen LogP) is 0.830. The lowest BCUT2D eigenvalue weighted by Gasteiger charge is -2.26. The van der Waals surface area contributed by atoms with Crippen LogP contribution in [0.2, 0.25) is 0 Å². The highest BCUT2D eigenvalue weighted by Gasteiger charge is 2.34. The lowest BCUT2D eigenvalue weighted by atomic mass is 9.91. The van der Waals surface area contributed by atoms with E-state index in [1.165, 1.54) is 4.90 Å². The fraction of sp³-hybridized carbons (Fsp3) is 1.00. The largest absolute Gasteiger partial charge is 0.492 e. The molecular formula is C6H12BF3NO-. The first kappa shape index (κ1) is 9.86. The van der Waals surface area contributed by atoms with Crippen molar-refractivity contribution in [1.29, 1.82) is 0 Å². The molecule has 12 heavy (non-hydrogen) atoms. The Morgan fingerprint density at radius 1 is 1.33 bits per heavy atom. The molecule has 1 aliphatic rings. The lowest BCUT2D eigenvalue weighted by Crippen LogP contribution is -2.40. The van der Waals surface area contributed by atoms with E-state index in [1.54, 1.807) is 0 Å². The van der Waals surface area contributed by atoms with Crippen LogP contribution in [0.1, 0.15) is 12.8 Å². The summed E-state index contributed by atoms with van der Waals surface area (Å²) >= 11 is 0. The number of aliphatic hydroxyl groups is 1. The SMILES string of the molecule is OCCN(C[B-](F)(F)F)C1CC1. The standard InChI is InChI=1S/C6H12BF3NO/c8-7(9,10)5-11(3-4-12)6-1-2-6/h6,12H,1-5H2/q-1. The lowest BCUT2D eigenvalue weighted by molar-refractivity contribution is 0.196. The molecule has 0 unspecified atom stereocenters. The predicted molar refractivity (Wildman–Crippen MR) is 40.8 cm³/mol. The quantitative estimate of drug-likeness (QED) is 0.636. The summed E-state index contributed by atoms with van der Waals surface area (Å²) in [5, 5.41) is 8.51. The van der Waals surface area contributed by atoms with Crippen LogP contribution in [0.5, 0.6) is 0 Å². The van der Waals surface area contributed by atoms with Crippen LogP contribution in [0.25, 0.3) is 0 Å². The van der Waals surface area contributed by atoms with Crippen molar-refractivity contribution in [3.05, 3.63) is 0 Å². The van der Waals surface area contributed by atoms with Crippen LogP contribution in [0.3, 0.4) is 0 Å². The van der Waals surface area contributed by atoms with Crippen molar-refractivity contribution in [3.8, 4) is 0 Å². The smallest absolute Gasteiger partial charge is 0.448 e. The van der Waals surface area contributed by atoms with E-state index in [0.29, 0.717) is 0 Å². The number of halogens is 3. The summed E-state index contributed by atoms with van der Waals surface area (Å²) in [5.41, 5.74) is 0. The number of hydrogen-bond acceptors (Lipinski definition) is 2. The Balaban J connectivity index is 2.32. The van der Waals surface area contributed by atoms with Gasteiger partial charge in [-0.15, -0.1) is 0 Å². The van der Waals surface area contributed by atoms with Gasteiger partial charge in [0.1, 0.15) is 0 Å². The maximum absolute atomic E-state index is 12.0. The van der Waals surface area contributed by atoms with Crippen LogP contribution in [0, 0.1) is 0 Å². The molecule has 0 saturated heterocycles. The Kier molecular flexibility index (Phi) is 3.01. The molecule has 2 nitrogen and oxygen atoms in total. The van der Waals surface area contributed by atoms with Crippen molar-refractivity contribution >= 4 is 6.98 Å². The van der Waals surface area contributed by atoms with Gasteiger partial charge in [0, 0.05) is 12.6 Å². The molecule has 0 aromatic carbocycles. The van der Waals surface area contributed by atoms with E-state index in [4.69, 9.17) is 5.11 Å². The molecule has 0 aliphatic heterocycles. The zero-order chi connectivity index (χ0) is 9.19. The first-order chi connectivity index (χ1) is 5.53. The van der Waals surface area contributed by atoms with Gasteiger partial charge < -0.3 is 23.0 Å². The fourth-order valence-electron chi connectivity index (χ4n) is 1.26. The van der Waals surface area contributed by atoms with Gasteiger partial charge in [0.15, 0.2) is 0 Å². The molecule has 0 heterocycles. The zero-order valence-electron chi connectivity index (χ0n) is 6.72. The third kappa shape index (κ3) is 3.45. The molecule has 1 aliphatic carbocycles.